The fraction of sp³-hybridized carbons (Fsp3) is 0.150. The Balaban J connectivity index is 1.64. The zero-order chi connectivity index (χ0) is 17.5. The lowest BCUT2D eigenvalue weighted by atomic mass is 10.2. The van der Waals surface area contributed by atoms with Crippen LogP contribution in [0.15, 0.2) is 54.7 Å². The third-order valence-corrected chi connectivity index (χ3v) is 3.53. The van der Waals surface area contributed by atoms with Gasteiger partial charge in [-0.3, -0.25) is 9.78 Å². The van der Waals surface area contributed by atoms with Gasteiger partial charge in [0.05, 0.1) is 11.0 Å². The summed E-state index contributed by atoms with van der Waals surface area (Å²) in [5, 5.41) is 2.87. The molecular weight excluding hydrogens is 314 g/mol. The molecule has 0 unspecified atom stereocenters. The summed E-state index contributed by atoms with van der Waals surface area (Å²) in [6.45, 7) is 2.51. The van der Waals surface area contributed by atoms with Crippen LogP contribution in [0.25, 0.3) is 11.0 Å². The predicted molar refractivity (Wildman–Crippen MR) is 96.1 cm³/mol. The van der Waals surface area contributed by atoms with Gasteiger partial charge in [-0.15, -0.1) is 5.92 Å². The Kier molecular flexibility index (Phi) is 5.22. The van der Waals surface area contributed by atoms with E-state index in [-0.39, 0.29) is 5.91 Å². The third-order valence-electron chi connectivity index (χ3n) is 3.53. The number of fused-ring (bicyclic) bond motifs is 1. The smallest absolute Gasteiger partial charge is 0.270 e. The van der Waals surface area contributed by atoms with Crippen LogP contribution in [0.5, 0.6) is 5.75 Å². The van der Waals surface area contributed by atoms with Gasteiger partial charge < -0.3 is 10.1 Å². The number of pyridine rings is 2. The zero-order valence-corrected chi connectivity index (χ0v) is 13.8. The quantitative estimate of drug-likeness (QED) is 0.730. The van der Waals surface area contributed by atoms with E-state index < -0.39 is 0 Å². The molecule has 1 aromatic carbocycles. The largest absolute Gasteiger partial charge is 0.481 e. The molecule has 25 heavy (non-hydrogen) atoms. The molecule has 1 amide bonds. The summed E-state index contributed by atoms with van der Waals surface area (Å²) in [7, 11) is 0. The maximum absolute atomic E-state index is 12.3. The van der Waals surface area contributed by atoms with Gasteiger partial charge in [0.2, 0.25) is 0 Å². The second kappa shape index (κ2) is 7.93. The van der Waals surface area contributed by atoms with E-state index in [9.17, 15) is 4.79 Å². The number of hydrogen-bond donors (Lipinski definition) is 1. The molecule has 0 aliphatic heterocycles. The Labute approximate surface area is 146 Å². The summed E-state index contributed by atoms with van der Waals surface area (Å²) in [6, 6.07) is 14.7. The molecule has 2 heterocycles. The number of ether oxygens (including phenoxy) is 1. The number of hydrogen-bond acceptors (Lipinski definition) is 4. The van der Waals surface area contributed by atoms with Crippen LogP contribution in [-0.4, -0.2) is 22.5 Å². The Morgan fingerprint density at radius 1 is 1.16 bits per heavy atom. The zero-order valence-electron chi connectivity index (χ0n) is 13.8. The first-order chi connectivity index (χ1) is 12.3. The Morgan fingerprint density at radius 3 is 2.96 bits per heavy atom. The van der Waals surface area contributed by atoms with E-state index in [1.807, 2.05) is 30.3 Å². The molecule has 0 fully saturated rings. The van der Waals surface area contributed by atoms with Crippen molar-refractivity contribution in [3.63, 3.8) is 0 Å². The highest BCUT2D eigenvalue weighted by molar-refractivity contribution is 5.94. The molecular formula is C20H17N3O2. The van der Waals surface area contributed by atoms with Crippen molar-refractivity contribution in [1.82, 2.24) is 15.3 Å². The first-order valence-corrected chi connectivity index (χ1v) is 7.87. The molecule has 5 heteroatoms. The monoisotopic (exact) mass is 331 g/mol. The Bertz CT molecular complexity index is 958. The molecule has 3 rings (SSSR count). The van der Waals surface area contributed by atoms with Gasteiger partial charge in [0.15, 0.2) is 0 Å². The normalized spacial score (nSPS) is 9.96. The molecule has 0 aliphatic rings. The SMILES string of the molecule is CC#CCOc1cccc(CNC(=O)c2ccc3ncccc3n2)c1. The topological polar surface area (TPSA) is 64.1 Å². The van der Waals surface area contributed by atoms with Crippen molar-refractivity contribution < 1.29 is 9.53 Å². The fourth-order valence-corrected chi connectivity index (χ4v) is 2.29. The number of carbonyl (C=O) groups is 1. The minimum Gasteiger partial charge on any atom is -0.481 e. The number of amides is 1. The molecule has 124 valence electrons. The van der Waals surface area contributed by atoms with Gasteiger partial charge in [-0.25, -0.2) is 4.98 Å². The third kappa shape index (κ3) is 4.33. The van der Waals surface area contributed by atoms with Gasteiger partial charge >= 0.3 is 0 Å². The van der Waals surface area contributed by atoms with Gasteiger partial charge in [0, 0.05) is 12.7 Å². The summed E-state index contributed by atoms with van der Waals surface area (Å²) >= 11 is 0. The Hall–Kier alpha value is -3.39. The van der Waals surface area contributed by atoms with Crippen molar-refractivity contribution in [2.75, 3.05) is 6.61 Å². The van der Waals surface area contributed by atoms with Gasteiger partial charge in [-0.1, -0.05) is 18.1 Å². The minimum atomic E-state index is -0.228. The lowest BCUT2D eigenvalue weighted by molar-refractivity contribution is 0.0946. The van der Waals surface area contributed by atoms with Crippen molar-refractivity contribution in [2.45, 2.75) is 13.5 Å². The van der Waals surface area contributed by atoms with Crippen LogP contribution in [0.2, 0.25) is 0 Å². The average molecular weight is 331 g/mol. The predicted octanol–water partition coefficient (Wildman–Crippen LogP) is 2.96. The van der Waals surface area contributed by atoms with Crippen molar-refractivity contribution >= 4 is 16.9 Å². The second-order valence-electron chi connectivity index (χ2n) is 5.28. The van der Waals surface area contributed by atoms with E-state index in [0.717, 1.165) is 16.8 Å². The highest BCUT2D eigenvalue weighted by Gasteiger charge is 2.08. The number of benzene rings is 1. The molecule has 0 saturated heterocycles. The highest BCUT2D eigenvalue weighted by atomic mass is 16.5. The van der Waals surface area contributed by atoms with Crippen LogP contribution in [0.1, 0.15) is 23.0 Å². The number of nitrogens with zero attached hydrogens (tertiary/aromatic N) is 2. The number of rotatable bonds is 5. The molecule has 1 N–H and O–H groups in total. The molecule has 0 bridgehead atoms. The lowest BCUT2D eigenvalue weighted by Crippen LogP contribution is -2.23. The highest BCUT2D eigenvalue weighted by Crippen LogP contribution is 2.13. The molecule has 5 nitrogen and oxygen atoms in total. The van der Waals surface area contributed by atoms with Gasteiger partial charge in [-0.05, 0) is 48.9 Å². The van der Waals surface area contributed by atoms with Crippen molar-refractivity contribution in [1.29, 1.82) is 0 Å². The van der Waals surface area contributed by atoms with Gasteiger partial charge in [0.25, 0.3) is 5.91 Å². The standard InChI is InChI=1S/C20H17N3O2/c1-2-3-12-25-16-7-4-6-15(13-16)14-22-20(24)19-10-9-17-18(23-19)8-5-11-21-17/h4-11,13H,12,14H2,1H3,(H,22,24). The number of aromatic nitrogens is 2. The summed E-state index contributed by atoms with van der Waals surface area (Å²) in [6.07, 6.45) is 1.70. The summed E-state index contributed by atoms with van der Waals surface area (Å²) in [4.78, 5) is 20.9. The van der Waals surface area contributed by atoms with Gasteiger partial charge in [-0.2, -0.15) is 0 Å². The molecule has 0 saturated carbocycles. The second-order valence-corrected chi connectivity index (χ2v) is 5.28. The number of carbonyl (C=O) groups excluding carboxylic acids is 1. The first kappa shape index (κ1) is 16.5. The molecule has 2 aromatic heterocycles. The van der Waals surface area contributed by atoms with E-state index in [0.29, 0.717) is 24.4 Å². The van der Waals surface area contributed by atoms with Crippen LogP contribution in [0.4, 0.5) is 0 Å². The van der Waals surface area contributed by atoms with Crippen LogP contribution in [-0.2, 0) is 6.54 Å². The minimum absolute atomic E-state index is 0.228. The molecule has 3 aromatic rings. The summed E-state index contributed by atoms with van der Waals surface area (Å²) in [5.41, 5.74) is 2.77. The first-order valence-electron chi connectivity index (χ1n) is 7.87. The van der Waals surface area contributed by atoms with Crippen molar-refractivity contribution in [3.05, 3.63) is 66.0 Å². The van der Waals surface area contributed by atoms with E-state index >= 15 is 0 Å². The lowest BCUT2D eigenvalue weighted by Gasteiger charge is -2.08. The molecule has 0 aliphatic carbocycles. The summed E-state index contributed by atoms with van der Waals surface area (Å²) < 4.78 is 5.52. The van der Waals surface area contributed by atoms with Crippen molar-refractivity contribution in [3.8, 4) is 17.6 Å². The van der Waals surface area contributed by atoms with E-state index in [4.69, 9.17) is 4.74 Å². The van der Waals surface area contributed by atoms with E-state index in [1.165, 1.54) is 0 Å². The summed E-state index contributed by atoms with van der Waals surface area (Å²) in [5.74, 6) is 6.13. The van der Waals surface area contributed by atoms with Crippen molar-refractivity contribution in [2.24, 2.45) is 0 Å². The molecule has 0 atom stereocenters. The fourth-order valence-electron chi connectivity index (χ4n) is 2.29. The molecule has 0 radical (unpaired) electrons. The Morgan fingerprint density at radius 2 is 2.08 bits per heavy atom. The maximum atomic E-state index is 12.3. The van der Waals surface area contributed by atoms with Crippen LogP contribution in [0, 0.1) is 11.8 Å². The van der Waals surface area contributed by atoms with E-state index in [1.54, 1.807) is 31.3 Å². The maximum Gasteiger partial charge on any atom is 0.270 e. The van der Waals surface area contributed by atoms with Crippen LogP contribution < -0.4 is 10.1 Å². The van der Waals surface area contributed by atoms with Crippen LogP contribution in [0.3, 0.4) is 0 Å². The number of nitrogens with one attached hydrogen (secondary N) is 1. The average Bonchev–Trinajstić information content (AvgIpc) is 2.66. The van der Waals surface area contributed by atoms with Crippen LogP contribution >= 0.6 is 0 Å². The molecule has 0 spiro atoms. The van der Waals surface area contributed by atoms with E-state index in [2.05, 4.69) is 27.1 Å². The van der Waals surface area contributed by atoms with Gasteiger partial charge in [0.1, 0.15) is 18.1 Å².